The van der Waals surface area contributed by atoms with E-state index in [4.69, 9.17) is 9.47 Å². The van der Waals surface area contributed by atoms with Crippen molar-refractivity contribution in [2.75, 3.05) is 13.2 Å². The smallest absolute Gasteiger partial charge is 0.158 e. The van der Waals surface area contributed by atoms with Crippen molar-refractivity contribution in [3.63, 3.8) is 0 Å². The number of imidazole rings is 1. The Kier molecular flexibility index (Phi) is 6.86. The SMILES string of the molecule is CC(OC1CCCCO1)c1nccn1C(C#Cc1ccc(Br)cc1)CO. The summed E-state index contributed by atoms with van der Waals surface area (Å²) < 4.78 is 14.5. The fraction of sp³-hybridized carbons (Fsp3) is 0.450. The molecule has 138 valence electrons. The van der Waals surface area contributed by atoms with Crippen molar-refractivity contribution in [3.8, 4) is 11.8 Å². The molecule has 0 bridgehead atoms. The van der Waals surface area contributed by atoms with Crippen LogP contribution in [0.4, 0.5) is 0 Å². The van der Waals surface area contributed by atoms with Gasteiger partial charge in [-0.15, -0.1) is 0 Å². The summed E-state index contributed by atoms with van der Waals surface area (Å²) in [4.78, 5) is 4.41. The van der Waals surface area contributed by atoms with E-state index >= 15 is 0 Å². The van der Waals surface area contributed by atoms with Gasteiger partial charge in [0.25, 0.3) is 0 Å². The van der Waals surface area contributed by atoms with Gasteiger partial charge in [0, 0.05) is 29.0 Å². The van der Waals surface area contributed by atoms with Gasteiger partial charge in [-0.05, 0) is 50.5 Å². The Bertz CT molecular complexity index is 757. The lowest BCUT2D eigenvalue weighted by molar-refractivity contribution is -0.188. The van der Waals surface area contributed by atoms with Crippen LogP contribution in [0.25, 0.3) is 0 Å². The Hall–Kier alpha value is -1.65. The average molecular weight is 419 g/mol. The molecule has 0 aliphatic carbocycles. The highest BCUT2D eigenvalue weighted by Gasteiger charge is 2.22. The van der Waals surface area contributed by atoms with Crippen LogP contribution >= 0.6 is 15.9 Å². The Balaban J connectivity index is 1.73. The van der Waals surface area contributed by atoms with Crippen LogP contribution in [0.2, 0.25) is 0 Å². The maximum atomic E-state index is 9.82. The molecule has 0 saturated carbocycles. The lowest BCUT2D eigenvalue weighted by atomic mass is 10.2. The Morgan fingerprint density at radius 3 is 2.88 bits per heavy atom. The highest BCUT2D eigenvalue weighted by Crippen LogP contribution is 2.24. The minimum Gasteiger partial charge on any atom is -0.393 e. The minimum atomic E-state index is -0.380. The third-order valence-corrected chi connectivity index (χ3v) is 4.82. The summed E-state index contributed by atoms with van der Waals surface area (Å²) in [6.07, 6.45) is 6.21. The zero-order valence-corrected chi connectivity index (χ0v) is 16.4. The standard InChI is InChI=1S/C20H23BrN2O3/c1-15(26-19-4-2-3-13-25-19)20-22-11-12-23(20)18(14-24)10-7-16-5-8-17(21)9-6-16/h5-6,8-9,11-12,15,18-19,24H,2-4,13-14H2,1H3. The van der Waals surface area contributed by atoms with E-state index in [2.05, 4.69) is 32.8 Å². The number of hydrogen-bond acceptors (Lipinski definition) is 4. The molecular formula is C20H23BrN2O3. The molecule has 6 heteroatoms. The molecule has 5 nitrogen and oxygen atoms in total. The second kappa shape index (κ2) is 9.33. The van der Waals surface area contributed by atoms with Crippen molar-refractivity contribution in [1.82, 2.24) is 9.55 Å². The van der Waals surface area contributed by atoms with Crippen molar-refractivity contribution < 1.29 is 14.6 Å². The molecule has 2 aromatic rings. The normalized spacial score (nSPS) is 19.4. The van der Waals surface area contributed by atoms with Crippen LogP contribution < -0.4 is 0 Å². The summed E-state index contributed by atoms with van der Waals surface area (Å²) in [5.74, 6) is 6.98. The van der Waals surface area contributed by atoms with Gasteiger partial charge in [-0.25, -0.2) is 4.98 Å². The fourth-order valence-corrected chi connectivity index (χ4v) is 3.18. The second-order valence-corrected chi connectivity index (χ2v) is 7.16. The van der Waals surface area contributed by atoms with Crippen LogP contribution in [0.5, 0.6) is 0 Å². The van der Waals surface area contributed by atoms with Gasteiger partial charge in [0.05, 0.1) is 6.61 Å². The lowest BCUT2D eigenvalue weighted by Gasteiger charge is -2.26. The van der Waals surface area contributed by atoms with Gasteiger partial charge in [-0.1, -0.05) is 27.8 Å². The second-order valence-electron chi connectivity index (χ2n) is 6.24. The molecule has 1 aromatic heterocycles. The van der Waals surface area contributed by atoms with Gasteiger partial charge >= 0.3 is 0 Å². The number of ether oxygens (including phenoxy) is 2. The molecular weight excluding hydrogens is 396 g/mol. The summed E-state index contributed by atoms with van der Waals surface area (Å²) in [5.41, 5.74) is 0.896. The monoisotopic (exact) mass is 418 g/mol. The number of aliphatic hydroxyl groups excluding tert-OH is 1. The summed E-state index contributed by atoms with van der Waals surface area (Å²) in [6.45, 7) is 2.59. The van der Waals surface area contributed by atoms with Gasteiger partial charge in [-0.2, -0.15) is 0 Å². The molecule has 1 saturated heterocycles. The number of rotatable bonds is 5. The maximum Gasteiger partial charge on any atom is 0.158 e. The van der Waals surface area contributed by atoms with Gasteiger partial charge < -0.3 is 19.1 Å². The Morgan fingerprint density at radius 2 is 2.19 bits per heavy atom. The minimum absolute atomic E-state index is 0.0977. The van der Waals surface area contributed by atoms with Crippen LogP contribution in [-0.4, -0.2) is 34.2 Å². The molecule has 2 heterocycles. The molecule has 3 unspecified atom stereocenters. The first-order valence-electron chi connectivity index (χ1n) is 8.85. The van der Waals surface area contributed by atoms with Crippen LogP contribution in [-0.2, 0) is 9.47 Å². The highest BCUT2D eigenvalue weighted by molar-refractivity contribution is 9.10. The Morgan fingerprint density at radius 1 is 1.38 bits per heavy atom. The van der Waals surface area contributed by atoms with E-state index in [9.17, 15) is 5.11 Å². The molecule has 26 heavy (non-hydrogen) atoms. The summed E-state index contributed by atoms with van der Waals surface area (Å²) in [6, 6.07) is 7.38. The van der Waals surface area contributed by atoms with E-state index in [1.165, 1.54) is 0 Å². The van der Waals surface area contributed by atoms with Crippen LogP contribution in [0.1, 0.15) is 49.7 Å². The molecule has 0 spiro atoms. The predicted octanol–water partition coefficient (Wildman–Crippen LogP) is 3.83. The highest BCUT2D eigenvalue weighted by atomic mass is 79.9. The van der Waals surface area contributed by atoms with Crippen LogP contribution in [0.15, 0.2) is 41.1 Å². The number of aliphatic hydroxyl groups is 1. The predicted molar refractivity (Wildman–Crippen MR) is 102 cm³/mol. The molecule has 1 aromatic carbocycles. The van der Waals surface area contributed by atoms with Crippen molar-refractivity contribution in [3.05, 3.63) is 52.5 Å². The summed E-state index contributed by atoms with van der Waals surface area (Å²) in [5, 5.41) is 9.82. The zero-order chi connectivity index (χ0) is 18.4. The average Bonchev–Trinajstić information content (AvgIpc) is 3.14. The molecule has 3 atom stereocenters. The zero-order valence-electron chi connectivity index (χ0n) is 14.8. The van der Waals surface area contributed by atoms with E-state index in [1.54, 1.807) is 6.20 Å². The Labute approximate surface area is 162 Å². The van der Waals surface area contributed by atoms with Gasteiger partial charge in [0.1, 0.15) is 18.0 Å². The third-order valence-electron chi connectivity index (χ3n) is 4.29. The van der Waals surface area contributed by atoms with Crippen molar-refractivity contribution in [2.24, 2.45) is 0 Å². The number of aromatic nitrogens is 2. The molecule has 3 rings (SSSR count). The van der Waals surface area contributed by atoms with Crippen LogP contribution in [0.3, 0.4) is 0 Å². The summed E-state index contributed by atoms with van der Waals surface area (Å²) >= 11 is 3.41. The van der Waals surface area contributed by atoms with Crippen molar-refractivity contribution in [2.45, 2.75) is 44.6 Å². The largest absolute Gasteiger partial charge is 0.393 e. The first-order chi connectivity index (χ1) is 12.7. The topological polar surface area (TPSA) is 56.5 Å². The molecule has 1 aliphatic rings. The summed E-state index contributed by atoms with van der Waals surface area (Å²) in [7, 11) is 0. The third kappa shape index (κ3) is 4.95. The molecule has 0 radical (unpaired) electrons. The van der Waals surface area contributed by atoms with Crippen molar-refractivity contribution >= 4 is 15.9 Å². The van der Waals surface area contributed by atoms with E-state index in [0.717, 1.165) is 41.7 Å². The van der Waals surface area contributed by atoms with E-state index < -0.39 is 0 Å². The van der Waals surface area contributed by atoms with E-state index in [-0.39, 0.29) is 25.0 Å². The van der Waals surface area contributed by atoms with Crippen LogP contribution in [0, 0.1) is 11.8 Å². The first-order valence-corrected chi connectivity index (χ1v) is 9.64. The lowest BCUT2D eigenvalue weighted by Crippen LogP contribution is -2.25. The fourth-order valence-electron chi connectivity index (χ4n) is 2.91. The van der Waals surface area contributed by atoms with Crippen molar-refractivity contribution in [1.29, 1.82) is 0 Å². The van der Waals surface area contributed by atoms with E-state index in [1.807, 2.05) is 42.0 Å². The first kappa shape index (κ1) is 19.1. The molecule has 1 N–H and O–H groups in total. The van der Waals surface area contributed by atoms with Gasteiger partial charge in [-0.3, -0.25) is 0 Å². The number of nitrogens with zero attached hydrogens (tertiary/aromatic N) is 2. The van der Waals surface area contributed by atoms with Gasteiger partial charge in [0.15, 0.2) is 6.29 Å². The van der Waals surface area contributed by atoms with Gasteiger partial charge in [0.2, 0.25) is 0 Å². The number of halogens is 1. The molecule has 1 fully saturated rings. The molecule has 0 amide bonds. The number of hydrogen-bond donors (Lipinski definition) is 1. The molecule has 1 aliphatic heterocycles. The quantitative estimate of drug-likeness (QED) is 0.749. The maximum absolute atomic E-state index is 9.82. The van der Waals surface area contributed by atoms with E-state index in [0.29, 0.717) is 0 Å². The number of benzene rings is 1.